The molecule has 0 aliphatic carbocycles. The Hall–Kier alpha value is -1.33. The third-order valence-electron chi connectivity index (χ3n) is 6.37. The van der Waals surface area contributed by atoms with Crippen LogP contribution in [0.1, 0.15) is 56.7 Å². The first-order valence-corrected chi connectivity index (χ1v) is 10.2. The fourth-order valence-corrected chi connectivity index (χ4v) is 5.03. The second kappa shape index (κ2) is 8.36. The number of piperidine rings is 1. The van der Waals surface area contributed by atoms with E-state index in [9.17, 15) is 9.50 Å². The van der Waals surface area contributed by atoms with E-state index in [1.54, 1.807) is 14.2 Å². The van der Waals surface area contributed by atoms with Crippen LogP contribution in [0.4, 0.5) is 4.39 Å². The molecule has 3 atom stereocenters. The van der Waals surface area contributed by atoms with Crippen molar-refractivity contribution < 1.29 is 19.0 Å². The Bertz CT molecular complexity index is 651. The van der Waals surface area contributed by atoms with Gasteiger partial charge in [-0.3, -0.25) is 9.29 Å². The second-order valence-electron chi connectivity index (χ2n) is 8.59. The summed E-state index contributed by atoms with van der Waals surface area (Å²) in [5.41, 5.74) is 1.68. The normalized spacial score (nSPS) is 28.0. The molecule has 5 heteroatoms. The number of rotatable bonds is 7. The summed E-state index contributed by atoms with van der Waals surface area (Å²) < 4.78 is 23.9. The van der Waals surface area contributed by atoms with Crippen molar-refractivity contribution >= 4 is 0 Å². The third-order valence-corrected chi connectivity index (χ3v) is 6.37. The largest absolute Gasteiger partial charge is 0.493 e. The third kappa shape index (κ3) is 4.09. The van der Waals surface area contributed by atoms with Crippen molar-refractivity contribution in [1.29, 1.82) is 0 Å². The van der Waals surface area contributed by atoms with Gasteiger partial charge in [0.1, 0.15) is 0 Å². The van der Waals surface area contributed by atoms with Gasteiger partial charge in [-0.05, 0) is 61.3 Å². The van der Waals surface area contributed by atoms with Crippen LogP contribution in [-0.2, 0) is 6.42 Å². The predicted octanol–water partition coefficient (Wildman–Crippen LogP) is 4.15. The highest BCUT2D eigenvalue weighted by molar-refractivity contribution is 5.49. The van der Waals surface area contributed by atoms with E-state index in [4.69, 9.17) is 9.47 Å². The molecule has 0 aromatic heterocycles. The SMILES string of the molecule is COc1cc2c(cc1OC)[C@H]1C[C@](O)(CCC[18F])[C@H](CC(C)C)CN1CC2. The van der Waals surface area contributed by atoms with Gasteiger partial charge in [-0.1, -0.05) is 13.8 Å². The number of halogens is 1. The molecule has 1 aromatic carbocycles. The van der Waals surface area contributed by atoms with E-state index >= 15 is 0 Å². The molecule has 0 radical (unpaired) electrons. The summed E-state index contributed by atoms with van der Waals surface area (Å²) in [5, 5.41) is 11.6. The van der Waals surface area contributed by atoms with E-state index in [2.05, 4.69) is 30.9 Å². The van der Waals surface area contributed by atoms with Crippen LogP contribution in [0.2, 0.25) is 0 Å². The Labute approximate surface area is 162 Å². The van der Waals surface area contributed by atoms with E-state index in [0.29, 0.717) is 25.2 Å². The molecule has 2 aliphatic rings. The summed E-state index contributed by atoms with van der Waals surface area (Å²) in [6.07, 6.45) is 3.58. The van der Waals surface area contributed by atoms with Gasteiger partial charge in [0.05, 0.1) is 26.5 Å². The highest BCUT2D eigenvalue weighted by Crippen LogP contribution is 2.48. The number of nitrogens with zero attached hydrogens (tertiary/aromatic N) is 1. The van der Waals surface area contributed by atoms with E-state index in [0.717, 1.165) is 37.4 Å². The number of hydrogen-bond donors (Lipinski definition) is 1. The van der Waals surface area contributed by atoms with Gasteiger partial charge in [-0.15, -0.1) is 0 Å². The molecule has 0 bridgehead atoms. The Morgan fingerprint density at radius 3 is 2.59 bits per heavy atom. The zero-order chi connectivity index (χ0) is 19.6. The molecule has 1 N–H and O–H groups in total. The average molecular weight is 379 g/mol. The molecule has 0 amide bonds. The van der Waals surface area contributed by atoms with Gasteiger partial charge >= 0.3 is 0 Å². The van der Waals surface area contributed by atoms with Crippen LogP contribution in [0.5, 0.6) is 11.5 Å². The number of alkyl halides is 1. The van der Waals surface area contributed by atoms with Crippen LogP contribution < -0.4 is 9.47 Å². The zero-order valence-electron chi connectivity index (χ0n) is 17.1. The molecular weight excluding hydrogens is 344 g/mol. The number of methoxy groups -OCH3 is 2. The van der Waals surface area contributed by atoms with Crippen LogP contribution in [0.15, 0.2) is 12.1 Å². The van der Waals surface area contributed by atoms with Crippen molar-refractivity contribution in [3.63, 3.8) is 0 Å². The molecule has 0 unspecified atom stereocenters. The number of aliphatic hydroxyl groups is 1. The van der Waals surface area contributed by atoms with Crippen molar-refractivity contribution in [3.05, 3.63) is 23.3 Å². The minimum absolute atomic E-state index is 0.154. The van der Waals surface area contributed by atoms with E-state index < -0.39 is 5.60 Å². The standard InChI is InChI=1S/C22H34FNO3/c1-15(2)10-17-14-24-9-6-16-11-20(26-3)21(27-4)12-18(16)19(24)13-22(17,25)7-5-8-23/h11-12,15,17,19,25H,5-10,13-14H2,1-4H3/t17-,19-,22-/m1/s1/i23-1. The number of hydrogen-bond acceptors (Lipinski definition) is 4. The molecule has 1 saturated heterocycles. The number of benzene rings is 1. The van der Waals surface area contributed by atoms with E-state index in [1.165, 1.54) is 11.1 Å². The Kier molecular flexibility index (Phi) is 6.32. The van der Waals surface area contributed by atoms with Gasteiger partial charge < -0.3 is 14.6 Å². The van der Waals surface area contributed by atoms with Gasteiger partial charge in [-0.2, -0.15) is 0 Å². The van der Waals surface area contributed by atoms with Gasteiger partial charge in [0, 0.05) is 25.0 Å². The van der Waals surface area contributed by atoms with Crippen molar-refractivity contribution in [2.45, 2.75) is 57.6 Å². The van der Waals surface area contributed by atoms with Crippen LogP contribution in [-0.4, -0.2) is 49.6 Å². The quantitative estimate of drug-likeness (QED) is 0.774. The van der Waals surface area contributed by atoms with E-state index in [-0.39, 0.29) is 18.6 Å². The minimum Gasteiger partial charge on any atom is -0.493 e. The van der Waals surface area contributed by atoms with Crippen LogP contribution in [0.25, 0.3) is 0 Å². The monoisotopic (exact) mass is 378 g/mol. The van der Waals surface area contributed by atoms with Gasteiger partial charge in [0.2, 0.25) is 0 Å². The van der Waals surface area contributed by atoms with Gasteiger partial charge in [0.25, 0.3) is 0 Å². The summed E-state index contributed by atoms with van der Waals surface area (Å²) in [6, 6.07) is 4.30. The lowest BCUT2D eigenvalue weighted by atomic mass is 9.69. The first-order valence-electron chi connectivity index (χ1n) is 10.2. The first kappa shape index (κ1) is 20.4. The molecule has 152 valence electrons. The highest BCUT2D eigenvalue weighted by Gasteiger charge is 2.47. The predicted molar refractivity (Wildman–Crippen MR) is 105 cm³/mol. The first-order chi connectivity index (χ1) is 12.9. The zero-order valence-corrected chi connectivity index (χ0v) is 17.1. The van der Waals surface area contributed by atoms with Gasteiger partial charge in [0.15, 0.2) is 11.5 Å². The van der Waals surface area contributed by atoms with Crippen molar-refractivity contribution in [2.75, 3.05) is 34.0 Å². The van der Waals surface area contributed by atoms with Gasteiger partial charge in [-0.25, -0.2) is 0 Å². The summed E-state index contributed by atoms with van der Waals surface area (Å²) in [4.78, 5) is 2.51. The van der Waals surface area contributed by atoms with Crippen LogP contribution >= 0.6 is 0 Å². The van der Waals surface area contributed by atoms with Crippen LogP contribution in [0, 0.1) is 11.8 Å². The minimum atomic E-state index is -0.806. The lowest BCUT2D eigenvalue weighted by Gasteiger charge is -2.52. The average Bonchev–Trinajstić information content (AvgIpc) is 2.65. The highest BCUT2D eigenvalue weighted by atomic mass is 18.2. The Morgan fingerprint density at radius 1 is 1.26 bits per heavy atom. The molecule has 2 aliphatic heterocycles. The molecule has 3 rings (SSSR count). The van der Waals surface area contributed by atoms with Crippen molar-refractivity contribution in [1.82, 2.24) is 4.90 Å². The van der Waals surface area contributed by atoms with E-state index in [1.807, 2.05) is 0 Å². The lowest BCUT2D eigenvalue weighted by molar-refractivity contribution is -0.109. The summed E-state index contributed by atoms with van der Waals surface area (Å²) in [7, 11) is 3.31. The fraction of sp³-hybridized carbons (Fsp3) is 0.727. The summed E-state index contributed by atoms with van der Waals surface area (Å²) in [5.74, 6) is 2.20. The maximum Gasteiger partial charge on any atom is 0.161 e. The molecule has 1 fully saturated rings. The summed E-state index contributed by atoms with van der Waals surface area (Å²) >= 11 is 0. The molecule has 2 heterocycles. The maximum absolute atomic E-state index is 12.9. The van der Waals surface area contributed by atoms with Crippen molar-refractivity contribution in [2.24, 2.45) is 11.8 Å². The second-order valence-corrected chi connectivity index (χ2v) is 8.59. The van der Waals surface area contributed by atoms with Crippen molar-refractivity contribution in [3.8, 4) is 11.5 Å². The molecule has 1 aromatic rings. The van der Waals surface area contributed by atoms with Crippen LogP contribution in [0.3, 0.4) is 0 Å². The molecule has 27 heavy (non-hydrogen) atoms. The molecular formula is C22H34FNO3. The fourth-order valence-electron chi connectivity index (χ4n) is 5.03. The smallest absolute Gasteiger partial charge is 0.161 e. The number of ether oxygens (including phenoxy) is 2. The molecule has 0 saturated carbocycles. The number of fused-ring (bicyclic) bond motifs is 3. The molecule has 4 nitrogen and oxygen atoms in total. The lowest BCUT2D eigenvalue weighted by Crippen LogP contribution is -2.55. The maximum atomic E-state index is 12.9. The topological polar surface area (TPSA) is 41.9 Å². The Balaban J connectivity index is 1.93. The summed E-state index contributed by atoms with van der Waals surface area (Å²) in [6.45, 7) is 5.89. The molecule has 0 spiro atoms. The Morgan fingerprint density at radius 2 is 1.96 bits per heavy atom.